The summed E-state index contributed by atoms with van der Waals surface area (Å²) in [5.74, 6) is 0. The smallest absolute Gasteiger partial charge is 0.0143 e. The molecule has 0 aliphatic carbocycles. The predicted octanol–water partition coefficient (Wildman–Crippen LogP) is 1.89. The molecule has 0 rings (SSSR count). The van der Waals surface area contributed by atoms with Crippen LogP contribution in [0.2, 0.25) is 0 Å². The zero-order valence-corrected chi connectivity index (χ0v) is 8.45. The fourth-order valence-corrected chi connectivity index (χ4v) is 0.994. The monoisotopic (exact) mass is 170 g/mol. The number of rotatable bonds is 8. The standard InChI is InChI=1S/C10H22N2/c1-4-10(2)12-9-7-5-6-8-11-3/h11-12H,2,4-9H2,1,3H3. The molecule has 12 heavy (non-hydrogen) atoms. The molecular formula is C10H22N2. The molecule has 0 amide bonds. The molecule has 0 atom stereocenters. The minimum Gasteiger partial charge on any atom is -0.389 e. The first-order valence-electron chi connectivity index (χ1n) is 4.87. The molecule has 0 aromatic heterocycles. The summed E-state index contributed by atoms with van der Waals surface area (Å²) in [6, 6.07) is 0. The molecule has 0 saturated carbocycles. The van der Waals surface area contributed by atoms with E-state index in [1.165, 1.54) is 19.3 Å². The average molecular weight is 170 g/mol. The van der Waals surface area contributed by atoms with Gasteiger partial charge in [-0.2, -0.15) is 0 Å². The van der Waals surface area contributed by atoms with E-state index < -0.39 is 0 Å². The van der Waals surface area contributed by atoms with Crippen molar-refractivity contribution in [3.63, 3.8) is 0 Å². The van der Waals surface area contributed by atoms with Gasteiger partial charge in [-0.25, -0.2) is 0 Å². The van der Waals surface area contributed by atoms with Crippen molar-refractivity contribution >= 4 is 0 Å². The minimum absolute atomic E-state index is 1.04. The van der Waals surface area contributed by atoms with Crippen molar-refractivity contribution in [2.45, 2.75) is 32.6 Å². The van der Waals surface area contributed by atoms with Gasteiger partial charge in [0, 0.05) is 12.2 Å². The molecule has 0 bridgehead atoms. The highest BCUT2D eigenvalue weighted by molar-refractivity contribution is 4.88. The summed E-state index contributed by atoms with van der Waals surface area (Å²) in [5.41, 5.74) is 1.16. The van der Waals surface area contributed by atoms with Crippen LogP contribution in [0.3, 0.4) is 0 Å². The second-order valence-electron chi connectivity index (χ2n) is 3.05. The molecule has 2 nitrogen and oxygen atoms in total. The lowest BCUT2D eigenvalue weighted by Crippen LogP contribution is -2.14. The van der Waals surface area contributed by atoms with Crippen LogP contribution in [-0.4, -0.2) is 20.1 Å². The van der Waals surface area contributed by atoms with Crippen LogP contribution < -0.4 is 10.6 Å². The van der Waals surface area contributed by atoms with E-state index >= 15 is 0 Å². The van der Waals surface area contributed by atoms with Crippen LogP contribution in [0.1, 0.15) is 32.6 Å². The van der Waals surface area contributed by atoms with E-state index in [0.29, 0.717) is 0 Å². The highest BCUT2D eigenvalue weighted by atomic mass is 14.9. The summed E-state index contributed by atoms with van der Waals surface area (Å²) < 4.78 is 0. The molecule has 0 saturated heterocycles. The number of hydrogen-bond acceptors (Lipinski definition) is 2. The van der Waals surface area contributed by atoms with E-state index in [9.17, 15) is 0 Å². The van der Waals surface area contributed by atoms with Crippen LogP contribution >= 0.6 is 0 Å². The van der Waals surface area contributed by atoms with Gasteiger partial charge in [-0.05, 0) is 32.9 Å². The van der Waals surface area contributed by atoms with Gasteiger partial charge in [0.25, 0.3) is 0 Å². The Morgan fingerprint density at radius 1 is 1.17 bits per heavy atom. The zero-order chi connectivity index (χ0) is 9.23. The molecular weight excluding hydrogens is 148 g/mol. The lowest BCUT2D eigenvalue weighted by Gasteiger charge is -2.06. The summed E-state index contributed by atoms with van der Waals surface area (Å²) in [4.78, 5) is 0. The Bertz CT molecular complexity index is 110. The maximum Gasteiger partial charge on any atom is 0.0143 e. The van der Waals surface area contributed by atoms with Gasteiger partial charge in [-0.1, -0.05) is 19.9 Å². The van der Waals surface area contributed by atoms with E-state index in [4.69, 9.17) is 0 Å². The fourth-order valence-electron chi connectivity index (χ4n) is 0.994. The first-order valence-corrected chi connectivity index (χ1v) is 4.87. The van der Waals surface area contributed by atoms with Crippen molar-refractivity contribution in [2.75, 3.05) is 20.1 Å². The van der Waals surface area contributed by atoms with Gasteiger partial charge in [0.15, 0.2) is 0 Å². The number of nitrogens with one attached hydrogen (secondary N) is 2. The third-order valence-electron chi connectivity index (χ3n) is 1.91. The normalized spacial score (nSPS) is 9.83. The van der Waals surface area contributed by atoms with Crippen molar-refractivity contribution in [3.05, 3.63) is 12.3 Å². The molecule has 0 aliphatic heterocycles. The Morgan fingerprint density at radius 3 is 2.42 bits per heavy atom. The van der Waals surface area contributed by atoms with Gasteiger partial charge in [0.1, 0.15) is 0 Å². The zero-order valence-electron chi connectivity index (χ0n) is 8.45. The Hall–Kier alpha value is -0.500. The Kier molecular flexibility index (Phi) is 8.24. The van der Waals surface area contributed by atoms with E-state index in [2.05, 4.69) is 24.1 Å². The van der Waals surface area contributed by atoms with Crippen LogP contribution in [0.4, 0.5) is 0 Å². The molecule has 2 heteroatoms. The van der Waals surface area contributed by atoms with Gasteiger partial charge in [0.2, 0.25) is 0 Å². The van der Waals surface area contributed by atoms with Crippen molar-refractivity contribution in [1.82, 2.24) is 10.6 Å². The van der Waals surface area contributed by atoms with E-state index in [1.807, 2.05) is 7.05 Å². The molecule has 0 aromatic carbocycles. The van der Waals surface area contributed by atoms with Crippen molar-refractivity contribution in [3.8, 4) is 0 Å². The minimum atomic E-state index is 1.04. The van der Waals surface area contributed by atoms with E-state index in [1.54, 1.807) is 0 Å². The second-order valence-corrected chi connectivity index (χ2v) is 3.05. The first kappa shape index (κ1) is 11.5. The molecule has 0 aliphatic rings. The third-order valence-corrected chi connectivity index (χ3v) is 1.91. The van der Waals surface area contributed by atoms with Crippen LogP contribution in [0.25, 0.3) is 0 Å². The van der Waals surface area contributed by atoms with Crippen molar-refractivity contribution < 1.29 is 0 Å². The Balaban J connectivity index is 2.95. The summed E-state index contributed by atoms with van der Waals surface area (Å²) in [6.45, 7) is 8.22. The SMILES string of the molecule is C=C(CC)NCCCCCNC. The molecule has 2 N–H and O–H groups in total. The number of hydrogen-bond donors (Lipinski definition) is 2. The molecule has 0 heterocycles. The topological polar surface area (TPSA) is 24.1 Å². The largest absolute Gasteiger partial charge is 0.389 e. The highest BCUT2D eigenvalue weighted by Crippen LogP contribution is 1.95. The Labute approximate surface area is 76.4 Å². The van der Waals surface area contributed by atoms with E-state index in [0.717, 1.165) is 25.2 Å². The molecule has 0 aromatic rings. The molecule has 0 spiro atoms. The maximum absolute atomic E-state index is 3.88. The average Bonchev–Trinajstić information content (AvgIpc) is 2.10. The summed E-state index contributed by atoms with van der Waals surface area (Å²) in [7, 11) is 2.00. The van der Waals surface area contributed by atoms with Gasteiger partial charge < -0.3 is 10.6 Å². The lowest BCUT2D eigenvalue weighted by atomic mass is 10.2. The quantitative estimate of drug-likeness (QED) is 0.544. The maximum atomic E-state index is 3.88. The van der Waals surface area contributed by atoms with Crippen molar-refractivity contribution in [1.29, 1.82) is 0 Å². The van der Waals surface area contributed by atoms with Crippen LogP contribution in [0, 0.1) is 0 Å². The predicted molar refractivity (Wildman–Crippen MR) is 55.2 cm³/mol. The highest BCUT2D eigenvalue weighted by Gasteiger charge is 1.89. The summed E-state index contributed by atoms with van der Waals surface area (Å²) in [6.07, 6.45) is 4.86. The number of allylic oxidation sites excluding steroid dienone is 1. The third kappa shape index (κ3) is 7.61. The number of unbranched alkanes of at least 4 members (excludes halogenated alkanes) is 2. The Morgan fingerprint density at radius 2 is 1.83 bits per heavy atom. The van der Waals surface area contributed by atoms with Gasteiger partial charge in [-0.15, -0.1) is 0 Å². The van der Waals surface area contributed by atoms with Crippen LogP contribution in [-0.2, 0) is 0 Å². The molecule has 0 fully saturated rings. The van der Waals surface area contributed by atoms with E-state index in [-0.39, 0.29) is 0 Å². The van der Waals surface area contributed by atoms with Crippen LogP contribution in [0.5, 0.6) is 0 Å². The molecule has 0 radical (unpaired) electrons. The second kappa shape index (κ2) is 8.60. The molecule has 72 valence electrons. The van der Waals surface area contributed by atoms with Gasteiger partial charge in [0.05, 0.1) is 0 Å². The lowest BCUT2D eigenvalue weighted by molar-refractivity contribution is 0.616. The fraction of sp³-hybridized carbons (Fsp3) is 0.800. The summed E-state index contributed by atoms with van der Waals surface area (Å²) in [5, 5.41) is 6.43. The van der Waals surface area contributed by atoms with Crippen LogP contribution in [0.15, 0.2) is 12.3 Å². The summed E-state index contributed by atoms with van der Waals surface area (Å²) >= 11 is 0. The van der Waals surface area contributed by atoms with Crippen molar-refractivity contribution in [2.24, 2.45) is 0 Å². The van der Waals surface area contributed by atoms with Gasteiger partial charge in [-0.3, -0.25) is 0 Å². The first-order chi connectivity index (χ1) is 5.81. The van der Waals surface area contributed by atoms with Gasteiger partial charge >= 0.3 is 0 Å². The molecule has 0 unspecified atom stereocenters.